The Morgan fingerprint density at radius 3 is 1.89 bits per heavy atom. The first-order valence-corrected chi connectivity index (χ1v) is 10.4. The third-order valence-corrected chi connectivity index (χ3v) is 5.92. The third-order valence-electron chi connectivity index (χ3n) is 5.92. The monoisotopic (exact) mass is 376 g/mol. The minimum absolute atomic E-state index is 0.0590. The molecule has 4 nitrogen and oxygen atoms in total. The molecule has 1 heterocycles. The first-order chi connectivity index (χ1) is 13.7. The number of rotatable bonds is 6. The number of piperidine rings is 1. The Bertz CT molecular complexity index is 754. The van der Waals surface area contributed by atoms with E-state index in [1.54, 1.807) is 0 Å². The lowest BCUT2D eigenvalue weighted by atomic mass is 9.87. The Kier molecular flexibility index (Phi) is 5.75. The quantitative estimate of drug-likeness (QED) is 0.835. The normalized spacial score (nSPS) is 17.5. The maximum Gasteiger partial charge on any atom is 0.223 e. The Morgan fingerprint density at radius 2 is 1.39 bits per heavy atom. The van der Waals surface area contributed by atoms with Gasteiger partial charge in [0.15, 0.2) is 0 Å². The van der Waals surface area contributed by atoms with Gasteiger partial charge in [-0.2, -0.15) is 0 Å². The van der Waals surface area contributed by atoms with Gasteiger partial charge in [0.1, 0.15) is 0 Å². The molecule has 0 unspecified atom stereocenters. The summed E-state index contributed by atoms with van der Waals surface area (Å²) >= 11 is 0. The highest BCUT2D eigenvalue weighted by Gasteiger charge is 2.31. The Morgan fingerprint density at radius 1 is 0.857 bits per heavy atom. The number of amides is 2. The van der Waals surface area contributed by atoms with Crippen LogP contribution in [0.3, 0.4) is 0 Å². The summed E-state index contributed by atoms with van der Waals surface area (Å²) in [5, 5.41) is 3.10. The van der Waals surface area contributed by atoms with Gasteiger partial charge in [-0.25, -0.2) is 0 Å². The highest BCUT2D eigenvalue weighted by molar-refractivity contribution is 5.81. The number of hydrogen-bond donors (Lipinski definition) is 1. The standard InChI is InChI=1S/C24H28N2O2/c27-23(26-15-13-20(14-16-26)24(28)25-21-11-12-21)17-22(18-7-3-1-4-8-18)19-9-5-2-6-10-19/h1-10,20-22H,11-17H2,(H,25,28). The molecular formula is C24H28N2O2. The van der Waals surface area contributed by atoms with Crippen LogP contribution >= 0.6 is 0 Å². The molecule has 0 bridgehead atoms. The van der Waals surface area contributed by atoms with Crippen LogP contribution in [0.5, 0.6) is 0 Å². The molecule has 28 heavy (non-hydrogen) atoms. The summed E-state index contributed by atoms with van der Waals surface area (Å²) < 4.78 is 0. The minimum Gasteiger partial charge on any atom is -0.353 e. The van der Waals surface area contributed by atoms with Crippen molar-refractivity contribution >= 4 is 11.8 Å². The SMILES string of the molecule is O=C(NC1CC1)C1CCN(C(=O)CC(c2ccccc2)c2ccccc2)CC1. The average Bonchev–Trinajstić information content (AvgIpc) is 3.57. The number of nitrogens with zero attached hydrogens (tertiary/aromatic N) is 1. The number of nitrogens with one attached hydrogen (secondary N) is 1. The summed E-state index contributed by atoms with van der Waals surface area (Å²) in [4.78, 5) is 27.2. The number of benzene rings is 2. The molecular weight excluding hydrogens is 348 g/mol. The molecule has 1 aliphatic carbocycles. The van der Waals surface area contributed by atoms with E-state index in [2.05, 4.69) is 29.6 Å². The molecule has 0 aromatic heterocycles. The van der Waals surface area contributed by atoms with Gasteiger partial charge < -0.3 is 10.2 Å². The van der Waals surface area contributed by atoms with Crippen molar-refractivity contribution in [2.24, 2.45) is 5.92 Å². The summed E-state index contributed by atoms with van der Waals surface area (Å²) in [5.41, 5.74) is 2.33. The second-order valence-electron chi connectivity index (χ2n) is 8.02. The van der Waals surface area contributed by atoms with Gasteiger partial charge in [0.05, 0.1) is 0 Å². The van der Waals surface area contributed by atoms with Crippen molar-refractivity contribution in [1.82, 2.24) is 10.2 Å². The fourth-order valence-electron chi connectivity index (χ4n) is 4.04. The van der Waals surface area contributed by atoms with Gasteiger partial charge in [-0.15, -0.1) is 0 Å². The van der Waals surface area contributed by atoms with Crippen LogP contribution in [0.25, 0.3) is 0 Å². The number of hydrogen-bond acceptors (Lipinski definition) is 2. The van der Waals surface area contributed by atoms with E-state index in [-0.39, 0.29) is 23.7 Å². The van der Waals surface area contributed by atoms with Crippen LogP contribution in [0.4, 0.5) is 0 Å². The van der Waals surface area contributed by atoms with Crippen molar-refractivity contribution < 1.29 is 9.59 Å². The smallest absolute Gasteiger partial charge is 0.223 e. The summed E-state index contributed by atoms with van der Waals surface area (Å²) in [7, 11) is 0. The molecule has 1 aliphatic heterocycles. The van der Waals surface area contributed by atoms with E-state index in [0.717, 1.165) is 25.7 Å². The number of carbonyl (C=O) groups is 2. The van der Waals surface area contributed by atoms with Crippen LogP contribution in [0.1, 0.15) is 49.1 Å². The minimum atomic E-state index is 0.0590. The molecule has 0 radical (unpaired) electrons. The van der Waals surface area contributed by atoms with E-state index >= 15 is 0 Å². The van der Waals surface area contributed by atoms with Gasteiger partial charge in [-0.1, -0.05) is 60.7 Å². The first kappa shape index (κ1) is 18.7. The lowest BCUT2D eigenvalue weighted by molar-refractivity contribution is -0.135. The fourth-order valence-corrected chi connectivity index (χ4v) is 4.04. The van der Waals surface area contributed by atoms with Gasteiger partial charge >= 0.3 is 0 Å². The molecule has 2 fully saturated rings. The molecule has 1 saturated heterocycles. The number of carbonyl (C=O) groups excluding carboxylic acids is 2. The second kappa shape index (κ2) is 8.59. The van der Waals surface area contributed by atoms with Crippen molar-refractivity contribution in [3.63, 3.8) is 0 Å². The van der Waals surface area contributed by atoms with E-state index < -0.39 is 0 Å². The van der Waals surface area contributed by atoms with Gasteiger partial charge in [-0.3, -0.25) is 9.59 Å². The summed E-state index contributed by atoms with van der Waals surface area (Å²) in [6.07, 6.45) is 4.23. The third kappa shape index (κ3) is 4.61. The Hall–Kier alpha value is -2.62. The van der Waals surface area contributed by atoms with Crippen LogP contribution in [0, 0.1) is 5.92 Å². The number of likely N-dealkylation sites (tertiary alicyclic amines) is 1. The lowest BCUT2D eigenvalue weighted by Gasteiger charge is -2.32. The zero-order valence-electron chi connectivity index (χ0n) is 16.2. The van der Waals surface area contributed by atoms with Crippen LogP contribution in [0.2, 0.25) is 0 Å². The van der Waals surface area contributed by atoms with E-state index in [4.69, 9.17) is 0 Å². The molecule has 2 aliphatic rings. The Balaban J connectivity index is 1.39. The van der Waals surface area contributed by atoms with Gasteiger partial charge in [0.2, 0.25) is 11.8 Å². The summed E-state index contributed by atoms with van der Waals surface area (Å²) in [6.45, 7) is 1.36. The largest absolute Gasteiger partial charge is 0.353 e. The molecule has 4 heteroatoms. The van der Waals surface area contributed by atoms with E-state index in [1.165, 1.54) is 11.1 Å². The molecule has 4 rings (SSSR count). The van der Waals surface area contributed by atoms with E-state index in [0.29, 0.717) is 25.6 Å². The highest BCUT2D eigenvalue weighted by atomic mass is 16.2. The zero-order valence-corrected chi connectivity index (χ0v) is 16.2. The maximum atomic E-state index is 13.0. The predicted octanol–water partition coefficient (Wildman–Crippen LogP) is 3.73. The fraction of sp³-hybridized carbons (Fsp3) is 0.417. The maximum absolute atomic E-state index is 13.0. The van der Waals surface area contributed by atoms with Crippen molar-refractivity contribution in [3.8, 4) is 0 Å². The van der Waals surface area contributed by atoms with Crippen molar-refractivity contribution in [3.05, 3.63) is 71.8 Å². The van der Waals surface area contributed by atoms with Crippen molar-refractivity contribution in [2.75, 3.05) is 13.1 Å². The lowest BCUT2D eigenvalue weighted by Crippen LogP contribution is -2.43. The van der Waals surface area contributed by atoms with Crippen LogP contribution in [-0.4, -0.2) is 35.8 Å². The second-order valence-corrected chi connectivity index (χ2v) is 8.02. The molecule has 1 N–H and O–H groups in total. The highest BCUT2D eigenvalue weighted by Crippen LogP contribution is 2.30. The molecule has 0 atom stereocenters. The summed E-state index contributed by atoms with van der Waals surface area (Å²) in [6, 6.07) is 20.9. The van der Waals surface area contributed by atoms with Crippen molar-refractivity contribution in [1.29, 1.82) is 0 Å². The van der Waals surface area contributed by atoms with E-state index in [1.807, 2.05) is 41.3 Å². The molecule has 146 valence electrons. The molecule has 2 aromatic rings. The van der Waals surface area contributed by atoms with Crippen LogP contribution < -0.4 is 5.32 Å². The zero-order chi connectivity index (χ0) is 19.3. The molecule has 2 aromatic carbocycles. The van der Waals surface area contributed by atoms with Gasteiger partial charge in [-0.05, 0) is 36.8 Å². The van der Waals surface area contributed by atoms with Gasteiger partial charge in [0.25, 0.3) is 0 Å². The van der Waals surface area contributed by atoms with Gasteiger partial charge in [0, 0.05) is 37.4 Å². The van der Waals surface area contributed by atoms with Crippen LogP contribution in [-0.2, 0) is 9.59 Å². The van der Waals surface area contributed by atoms with Crippen molar-refractivity contribution in [2.45, 2.75) is 44.1 Å². The average molecular weight is 377 g/mol. The molecule has 0 spiro atoms. The predicted molar refractivity (Wildman–Crippen MR) is 110 cm³/mol. The molecule has 1 saturated carbocycles. The molecule has 2 amide bonds. The topological polar surface area (TPSA) is 49.4 Å². The first-order valence-electron chi connectivity index (χ1n) is 10.4. The van der Waals surface area contributed by atoms with E-state index in [9.17, 15) is 9.59 Å². The summed E-state index contributed by atoms with van der Waals surface area (Å²) in [5.74, 6) is 0.481. The van der Waals surface area contributed by atoms with Crippen LogP contribution in [0.15, 0.2) is 60.7 Å². The Labute approximate surface area is 166 Å².